The molecule has 2 aromatic carbocycles. The van der Waals surface area contributed by atoms with Crippen LogP contribution >= 0.6 is 23.2 Å². The number of rotatable bonds is 6. The molecule has 184 valence electrons. The molecule has 1 fully saturated rings. The van der Waals surface area contributed by atoms with Crippen LogP contribution in [-0.2, 0) is 19.9 Å². The van der Waals surface area contributed by atoms with Gasteiger partial charge in [-0.3, -0.25) is 9.36 Å². The fraction of sp³-hybridized carbons (Fsp3) is 0.192. The van der Waals surface area contributed by atoms with Crippen molar-refractivity contribution in [1.82, 2.24) is 9.72 Å². The number of carbonyl (C=O) groups is 2. The van der Waals surface area contributed by atoms with Gasteiger partial charge in [0.1, 0.15) is 11.3 Å². The zero-order valence-electron chi connectivity index (χ0n) is 19.2. The maximum Gasteiger partial charge on any atom is 0.328 e. The summed E-state index contributed by atoms with van der Waals surface area (Å²) < 4.78 is 18.3. The average Bonchev–Trinajstić information content (AvgIpc) is 3.42. The third-order valence-corrected chi connectivity index (χ3v) is 6.78. The van der Waals surface area contributed by atoms with E-state index >= 15 is 0 Å². The highest BCUT2D eigenvalue weighted by Crippen LogP contribution is 2.42. The molecule has 4 aromatic rings. The molecule has 0 bridgehead atoms. The lowest BCUT2D eigenvalue weighted by molar-refractivity contribution is -0.213. The van der Waals surface area contributed by atoms with E-state index in [-0.39, 0.29) is 30.2 Å². The Morgan fingerprint density at radius 2 is 2.00 bits per heavy atom. The summed E-state index contributed by atoms with van der Waals surface area (Å²) in [6, 6.07) is 10.4. The Labute approximate surface area is 215 Å². The van der Waals surface area contributed by atoms with E-state index in [1.807, 2.05) is 6.92 Å². The van der Waals surface area contributed by atoms with Crippen molar-refractivity contribution in [2.24, 2.45) is 0 Å². The minimum absolute atomic E-state index is 0.191. The molecular weight excluding hydrogens is 507 g/mol. The summed E-state index contributed by atoms with van der Waals surface area (Å²) in [5.41, 5.74) is 1.97. The van der Waals surface area contributed by atoms with Crippen molar-refractivity contribution in [3.8, 4) is 11.3 Å². The van der Waals surface area contributed by atoms with Gasteiger partial charge in [-0.2, -0.15) is 0 Å². The quantitative estimate of drug-likeness (QED) is 0.327. The number of hydrogen-bond donors (Lipinski definition) is 1. The molecule has 5 rings (SSSR count). The van der Waals surface area contributed by atoms with Crippen LogP contribution in [0.1, 0.15) is 27.2 Å². The maximum absolute atomic E-state index is 14.2. The number of halogens is 2. The van der Waals surface area contributed by atoms with E-state index < -0.39 is 17.5 Å². The van der Waals surface area contributed by atoms with Crippen LogP contribution < -0.4 is 0 Å². The third kappa shape index (κ3) is 3.92. The van der Waals surface area contributed by atoms with E-state index in [1.54, 1.807) is 42.6 Å². The first kappa shape index (κ1) is 24.3. The standard InChI is InChI=1S/C26H20Cl2N2O6/c1-14-10-16(27)11-18(28)21(14)23-22(24(36-29-23)26(34-2)12-35-13-26)25(33)30-9-8-17-15(6-7-20(31)32)4-3-5-19(17)30/h3-11H,12-13H2,1-2H3,(H,31,32)/b7-6+. The monoisotopic (exact) mass is 526 g/mol. The number of carboxylic acid groups (broad SMARTS) is 1. The van der Waals surface area contributed by atoms with Crippen LogP contribution in [0.15, 0.2) is 53.2 Å². The van der Waals surface area contributed by atoms with Gasteiger partial charge in [-0.15, -0.1) is 0 Å². The Hall–Kier alpha value is -3.43. The van der Waals surface area contributed by atoms with Crippen molar-refractivity contribution in [2.75, 3.05) is 20.3 Å². The molecule has 10 heteroatoms. The average molecular weight is 527 g/mol. The summed E-state index contributed by atoms with van der Waals surface area (Å²) >= 11 is 12.7. The van der Waals surface area contributed by atoms with Gasteiger partial charge in [0.05, 0.1) is 23.8 Å². The number of hydrogen-bond acceptors (Lipinski definition) is 6. The van der Waals surface area contributed by atoms with E-state index in [9.17, 15) is 9.59 Å². The van der Waals surface area contributed by atoms with Gasteiger partial charge < -0.3 is 19.1 Å². The molecule has 1 N–H and O–H groups in total. The second-order valence-electron chi connectivity index (χ2n) is 8.45. The van der Waals surface area contributed by atoms with Crippen molar-refractivity contribution >= 4 is 52.1 Å². The number of methoxy groups -OCH3 is 1. The molecule has 0 atom stereocenters. The second kappa shape index (κ2) is 9.22. The molecule has 0 unspecified atom stereocenters. The fourth-order valence-electron chi connectivity index (χ4n) is 4.40. The van der Waals surface area contributed by atoms with Crippen LogP contribution in [0, 0.1) is 6.92 Å². The van der Waals surface area contributed by atoms with Crippen molar-refractivity contribution in [2.45, 2.75) is 12.5 Å². The van der Waals surface area contributed by atoms with Gasteiger partial charge >= 0.3 is 5.97 Å². The Bertz CT molecular complexity index is 1520. The highest BCUT2D eigenvalue weighted by molar-refractivity contribution is 6.36. The van der Waals surface area contributed by atoms with E-state index in [4.69, 9.17) is 42.3 Å². The molecule has 0 radical (unpaired) electrons. The van der Waals surface area contributed by atoms with Gasteiger partial charge in [-0.1, -0.05) is 40.5 Å². The molecular formula is C26H20Cl2N2O6. The maximum atomic E-state index is 14.2. The lowest BCUT2D eigenvalue weighted by Crippen LogP contribution is -2.49. The molecule has 1 aliphatic rings. The Morgan fingerprint density at radius 3 is 2.64 bits per heavy atom. The largest absolute Gasteiger partial charge is 0.478 e. The van der Waals surface area contributed by atoms with Crippen molar-refractivity contribution in [3.63, 3.8) is 0 Å². The summed E-state index contributed by atoms with van der Waals surface area (Å²) in [5, 5.41) is 14.8. The van der Waals surface area contributed by atoms with Crippen LogP contribution in [0.3, 0.4) is 0 Å². The Morgan fingerprint density at radius 1 is 1.22 bits per heavy atom. The lowest BCUT2D eigenvalue weighted by atomic mass is 9.91. The van der Waals surface area contributed by atoms with Gasteiger partial charge in [0.15, 0.2) is 11.4 Å². The van der Waals surface area contributed by atoms with E-state index in [1.165, 1.54) is 17.8 Å². The first-order valence-corrected chi connectivity index (χ1v) is 11.7. The number of aromatic nitrogens is 2. The van der Waals surface area contributed by atoms with Gasteiger partial charge in [0, 0.05) is 35.4 Å². The van der Waals surface area contributed by atoms with Gasteiger partial charge in [0.25, 0.3) is 5.91 Å². The third-order valence-electron chi connectivity index (χ3n) is 6.26. The number of nitrogens with zero attached hydrogens (tertiary/aromatic N) is 2. The highest BCUT2D eigenvalue weighted by atomic mass is 35.5. The molecule has 2 aromatic heterocycles. The van der Waals surface area contributed by atoms with Crippen LogP contribution in [0.5, 0.6) is 0 Å². The first-order chi connectivity index (χ1) is 17.3. The van der Waals surface area contributed by atoms with Crippen LogP contribution in [0.4, 0.5) is 0 Å². The van der Waals surface area contributed by atoms with Crippen LogP contribution in [0.2, 0.25) is 10.0 Å². The van der Waals surface area contributed by atoms with Crippen LogP contribution in [0.25, 0.3) is 28.2 Å². The minimum Gasteiger partial charge on any atom is -0.478 e. The molecule has 0 aliphatic carbocycles. The summed E-state index contributed by atoms with van der Waals surface area (Å²) in [7, 11) is 1.52. The summed E-state index contributed by atoms with van der Waals surface area (Å²) in [6.07, 6.45) is 4.16. The van der Waals surface area contributed by atoms with Gasteiger partial charge in [-0.05, 0) is 48.4 Å². The normalized spacial score (nSPS) is 14.9. The predicted octanol–water partition coefficient (Wildman–Crippen LogP) is 5.57. The van der Waals surface area contributed by atoms with E-state index in [0.717, 1.165) is 11.6 Å². The topological polar surface area (TPSA) is 104 Å². The molecule has 0 spiro atoms. The van der Waals surface area contributed by atoms with E-state index in [0.29, 0.717) is 32.1 Å². The number of carboxylic acids is 1. The first-order valence-electron chi connectivity index (χ1n) is 10.9. The second-order valence-corrected chi connectivity index (χ2v) is 9.29. The molecule has 0 amide bonds. The van der Waals surface area contributed by atoms with Crippen molar-refractivity contribution in [3.05, 3.63) is 81.2 Å². The summed E-state index contributed by atoms with van der Waals surface area (Å²) in [5.74, 6) is -1.24. The number of ether oxygens (including phenoxy) is 2. The van der Waals surface area contributed by atoms with Crippen molar-refractivity contribution in [1.29, 1.82) is 0 Å². The number of aliphatic carboxylic acids is 1. The molecule has 0 saturated carbocycles. The fourth-order valence-corrected chi connectivity index (χ4v) is 5.08. The smallest absolute Gasteiger partial charge is 0.328 e. The lowest BCUT2D eigenvalue weighted by Gasteiger charge is -2.38. The zero-order valence-corrected chi connectivity index (χ0v) is 20.8. The molecule has 1 aliphatic heterocycles. The Kier molecular flexibility index (Phi) is 6.22. The molecule has 36 heavy (non-hydrogen) atoms. The molecule has 1 saturated heterocycles. The predicted molar refractivity (Wildman–Crippen MR) is 135 cm³/mol. The van der Waals surface area contributed by atoms with Gasteiger partial charge in [0.2, 0.25) is 0 Å². The number of fused-ring (bicyclic) bond motifs is 1. The summed E-state index contributed by atoms with van der Waals surface area (Å²) in [6.45, 7) is 2.21. The van der Waals surface area contributed by atoms with Crippen molar-refractivity contribution < 1.29 is 28.7 Å². The Balaban J connectivity index is 1.72. The molecule has 3 heterocycles. The zero-order chi connectivity index (χ0) is 25.6. The number of carbonyl (C=O) groups excluding carboxylic acids is 1. The van der Waals surface area contributed by atoms with Crippen LogP contribution in [-0.4, -0.2) is 47.0 Å². The number of benzene rings is 2. The SMILES string of the molecule is COC1(c2onc(-c3c(C)cc(Cl)cc3Cl)c2C(=O)n2ccc3c(/C=C/C(=O)O)cccc32)COC1. The molecule has 8 nitrogen and oxygen atoms in total. The minimum atomic E-state index is -1.07. The highest BCUT2D eigenvalue weighted by Gasteiger charge is 2.48. The summed E-state index contributed by atoms with van der Waals surface area (Å²) in [4.78, 5) is 25.2. The number of aryl methyl sites for hydroxylation is 1. The van der Waals surface area contributed by atoms with E-state index in [2.05, 4.69) is 5.16 Å². The van der Waals surface area contributed by atoms with Gasteiger partial charge in [-0.25, -0.2) is 4.79 Å².